The van der Waals surface area contributed by atoms with Crippen LogP contribution >= 0.6 is 0 Å². The summed E-state index contributed by atoms with van der Waals surface area (Å²) in [6.07, 6.45) is 0. The molecule has 6 heteroatoms. The molecule has 24 heavy (non-hydrogen) atoms. The molecule has 0 amide bonds. The average molecular weight is 326 g/mol. The van der Waals surface area contributed by atoms with Crippen molar-refractivity contribution in [1.29, 1.82) is 0 Å². The summed E-state index contributed by atoms with van der Waals surface area (Å²) in [4.78, 5) is 4.63. The van der Waals surface area contributed by atoms with Crippen LogP contribution in [0.3, 0.4) is 0 Å². The molecule has 2 fully saturated rings. The largest absolute Gasteiger partial charge is 0.378 e. The minimum atomic E-state index is 0.741. The van der Waals surface area contributed by atoms with Crippen molar-refractivity contribution in [2.45, 2.75) is 0 Å². The molecule has 0 bridgehead atoms. The van der Waals surface area contributed by atoms with Gasteiger partial charge in [0.2, 0.25) is 0 Å². The van der Waals surface area contributed by atoms with E-state index in [0.29, 0.717) is 0 Å². The monoisotopic (exact) mass is 326 g/mol. The molecular weight excluding hydrogens is 304 g/mol. The van der Waals surface area contributed by atoms with Crippen molar-refractivity contribution in [3.05, 3.63) is 36.4 Å². The van der Waals surface area contributed by atoms with Gasteiger partial charge in [0.25, 0.3) is 0 Å². The van der Waals surface area contributed by atoms with E-state index in [1.165, 1.54) is 0 Å². The molecule has 6 nitrogen and oxygen atoms in total. The van der Waals surface area contributed by atoms with E-state index in [-0.39, 0.29) is 0 Å². The van der Waals surface area contributed by atoms with Crippen LogP contribution in [0.5, 0.6) is 0 Å². The van der Waals surface area contributed by atoms with Crippen molar-refractivity contribution < 1.29 is 9.47 Å². The van der Waals surface area contributed by atoms with Crippen LogP contribution in [0.25, 0.3) is 11.3 Å². The van der Waals surface area contributed by atoms with Crippen LogP contribution in [-0.4, -0.2) is 62.8 Å². The van der Waals surface area contributed by atoms with Crippen LogP contribution in [0, 0.1) is 0 Å². The van der Waals surface area contributed by atoms with Crippen LogP contribution in [0.1, 0.15) is 0 Å². The summed E-state index contributed by atoms with van der Waals surface area (Å²) in [6.45, 7) is 6.48. The number of nitrogens with zero attached hydrogens (tertiary/aromatic N) is 4. The smallest absolute Gasteiger partial charge is 0.175 e. The number of aromatic nitrogens is 2. The Morgan fingerprint density at radius 1 is 0.750 bits per heavy atom. The Labute approximate surface area is 142 Å². The van der Waals surface area contributed by atoms with E-state index in [0.717, 1.165) is 75.4 Å². The molecular formula is C18H22N4O2. The van der Waals surface area contributed by atoms with Gasteiger partial charge in [-0.3, -0.25) is 0 Å². The first-order valence-corrected chi connectivity index (χ1v) is 8.50. The Morgan fingerprint density at radius 2 is 1.38 bits per heavy atom. The van der Waals surface area contributed by atoms with E-state index < -0.39 is 0 Å². The van der Waals surface area contributed by atoms with Crippen LogP contribution < -0.4 is 9.80 Å². The number of benzene rings is 1. The number of hydrogen-bond acceptors (Lipinski definition) is 6. The first-order chi connectivity index (χ1) is 11.9. The molecule has 0 spiro atoms. The van der Waals surface area contributed by atoms with Crippen molar-refractivity contribution in [1.82, 2.24) is 10.2 Å². The molecule has 0 atom stereocenters. The Hall–Kier alpha value is -2.18. The summed E-state index contributed by atoms with van der Waals surface area (Å²) in [7, 11) is 0. The first kappa shape index (κ1) is 15.4. The number of anilines is 2. The van der Waals surface area contributed by atoms with Gasteiger partial charge in [-0.05, 0) is 6.07 Å². The quantitative estimate of drug-likeness (QED) is 0.857. The van der Waals surface area contributed by atoms with E-state index >= 15 is 0 Å². The zero-order chi connectivity index (χ0) is 16.2. The lowest BCUT2D eigenvalue weighted by Gasteiger charge is -2.34. The molecule has 0 radical (unpaired) electrons. The number of rotatable bonds is 3. The van der Waals surface area contributed by atoms with Crippen LogP contribution in [-0.2, 0) is 9.47 Å². The van der Waals surface area contributed by atoms with Gasteiger partial charge in [-0.2, -0.15) is 0 Å². The van der Waals surface area contributed by atoms with Gasteiger partial charge in [0.1, 0.15) is 0 Å². The number of hydrogen-bond donors (Lipinski definition) is 0. The lowest BCUT2D eigenvalue weighted by Crippen LogP contribution is -2.41. The lowest BCUT2D eigenvalue weighted by atomic mass is 10.1. The van der Waals surface area contributed by atoms with Crippen molar-refractivity contribution >= 4 is 11.5 Å². The minimum Gasteiger partial charge on any atom is -0.378 e. The van der Waals surface area contributed by atoms with Gasteiger partial charge >= 0.3 is 0 Å². The van der Waals surface area contributed by atoms with E-state index in [9.17, 15) is 0 Å². The van der Waals surface area contributed by atoms with Crippen molar-refractivity contribution in [2.24, 2.45) is 0 Å². The van der Waals surface area contributed by atoms with E-state index in [2.05, 4.69) is 38.2 Å². The highest BCUT2D eigenvalue weighted by molar-refractivity contribution is 5.73. The summed E-state index contributed by atoms with van der Waals surface area (Å²) < 4.78 is 11.0. The lowest BCUT2D eigenvalue weighted by molar-refractivity contribution is 0.120. The fourth-order valence-electron chi connectivity index (χ4n) is 3.16. The molecule has 2 aromatic rings. The first-order valence-electron chi connectivity index (χ1n) is 8.50. The molecule has 4 rings (SSSR count). The second kappa shape index (κ2) is 7.15. The Kier molecular flexibility index (Phi) is 4.57. The topological polar surface area (TPSA) is 50.7 Å². The molecule has 0 aliphatic carbocycles. The second-order valence-corrected chi connectivity index (χ2v) is 6.00. The normalized spacial score (nSPS) is 18.7. The summed E-state index contributed by atoms with van der Waals surface area (Å²) in [5.41, 5.74) is 3.15. The van der Waals surface area contributed by atoms with Crippen LogP contribution in [0.2, 0.25) is 0 Å². The van der Waals surface area contributed by atoms with Gasteiger partial charge in [0.15, 0.2) is 5.82 Å². The van der Waals surface area contributed by atoms with Crippen molar-refractivity contribution in [3.63, 3.8) is 0 Å². The molecule has 0 unspecified atom stereocenters. The van der Waals surface area contributed by atoms with E-state index in [4.69, 9.17) is 9.47 Å². The standard InChI is InChI=1S/C18H22N4O2/c1-2-4-15(5-3-1)16-14-17(21-6-10-23-11-7-21)18(20-19-16)22-8-12-24-13-9-22/h1-5,14H,6-13H2. The predicted octanol–water partition coefficient (Wildman–Crippen LogP) is 1.82. The molecule has 0 saturated carbocycles. The minimum absolute atomic E-state index is 0.741. The van der Waals surface area contributed by atoms with E-state index in [1.54, 1.807) is 0 Å². The molecule has 2 saturated heterocycles. The highest BCUT2D eigenvalue weighted by Crippen LogP contribution is 2.31. The van der Waals surface area contributed by atoms with Gasteiger partial charge in [0.05, 0.1) is 37.8 Å². The molecule has 1 aromatic heterocycles. The van der Waals surface area contributed by atoms with Gasteiger partial charge in [-0.15, -0.1) is 10.2 Å². The summed E-state index contributed by atoms with van der Waals surface area (Å²) in [5.74, 6) is 0.958. The SMILES string of the molecule is c1ccc(-c2cc(N3CCOCC3)c(N3CCOCC3)nn2)cc1. The Morgan fingerprint density at radius 3 is 2.04 bits per heavy atom. The zero-order valence-electron chi connectivity index (χ0n) is 13.7. The Bertz CT molecular complexity index is 668. The second-order valence-electron chi connectivity index (χ2n) is 6.00. The van der Waals surface area contributed by atoms with E-state index in [1.807, 2.05) is 18.2 Å². The van der Waals surface area contributed by atoms with Gasteiger partial charge < -0.3 is 19.3 Å². The molecule has 0 N–H and O–H groups in total. The van der Waals surface area contributed by atoms with Crippen molar-refractivity contribution in [2.75, 3.05) is 62.4 Å². The molecule has 2 aliphatic rings. The Balaban J connectivity index is 1.72. The maximum absolute atomic E-state index is 5.51. The number of morpholine rings is 2. The van der Waals surface area contributed by atoms with Gasteiger partial charge in [-0.25, -0.2) is 0 Å². The third-order valence-electron chi connectivity index (χ3n) is 4.49. The summed E-state index contributed by atoms with van der Waals surface area (Å²) >= 11 is 0. The zero-order valence-corrected chi connectivity index (χ0v) is 13.7. The third kappa shape index (κ3) is 3.20. The maximum Gasteiger partial charge on any atom is 0.175 e. The third-order valence-corrected chi connectivity index (χ3v) is 4.49. The molecule has 3 heterocycles. The predicted molar refractivity (Wildman–Crippen MR) is 93.5 cm³/mol. The summed E-state index contributed by atoms with van der Waals surface area (Å²) in [6, 6.07) is 12.4. The van der Waals surface area contributed by atoms with Gasteiger partial charge in [0, 0.05) is 31.7 Å². The van der Waals surface area contributed by atoms with Crippen LogP contribution in [0.4, 0.5) is 11.5 Å². The highest BCUT2D eigenvalue weighted by atomic mass is 16.5. The highest BCUT2D eigenvalue weighted by Gasteiger charge is 2.23. The molecule has 126 valence electrons. The molecule has 2 aliphatic heterocycles. The maximum atomic E-state index is 5.51. The average Bonchev–Trinajstić information content (AvgIpc) is 2.69. The number of ether oxygens (including phenoxy) is 2. The van der Waals surface area contributed by atoms with Gasteiger partial charge in [-0.1, -0.05) is 30.3 Å². The molecule has 1 aromatic carbocycles. The fourth-order valence-corrected chi connectivity index (χ4v) is 3.16. The van der Waals surface area contributed by atoms with Crippen LogP contribution in [0.15, 0.2) is 36.4 Å². The fraction of sp³-hybridized carbons (Fsp3) is 0.444. The van der Waals surface area contributed by atoms with Crippen molar-refractivity contribution in [3.8, 4) is 11.3 Å². The summed E-state index contributed by atoms with van der Waals surface area (Å²) in [5, 5.41) is 9.08.